The first-order chi connectivity index (χ1) is 10.7. The summed E-state index contributed by atoms with van der Waals surface area (Å²) in [5.41, 5.74) is 2.82. The number of halogens is 1. The number of pyridine rings is 1. The quantitative estimate of drug-likeness (QED) is 0.937. The standard InChI is InChI=1S/C17H17ClN2O2/c18-13-6-2-4-8-15(13)20-17(21)11-22-16-9-10-19-14-7-3-1-5-12(14)16/h2,4,6,8-10H,1,3,5,7,11H2,(H,20,21). The van der Waals surface area contributed by atoms with Crippen LogP contribution in [0.1, 0.15) is 24.1 Å². The molecule has 114 valence electrons. The van der Waals surface area contributed by atoms with Crippen LogP contribution in [0.2, 0.25) is 5.02 Å². The summed E-state index contributed by atoms with van der Waals surface area (Å²) in [7, 11) is 0. The normalized spacial score (nSPS) is 13.3. The Labute approximate surface area is 134 Å². The third-order valence-electron chi connectivity index (χ3n) is 3.70. The van der Waals surface area contributed by atoms with Crippen LogP contribution >= 0.6 is 11.6 Å². The molecule has 0 spiro atoms. The van der Waals surface area contributed by atoms with E-state index in [0.29, 0.717) is 10.7 Å². The largest absolute Gasteiger partial charge is 0.483 e. The number of rotatable bonds is 4. The van der Waals surface area contributed by atoms with E-state index < -0.39 is 0 Å². The first-order valence-electron chi connectivity index (χ1n) is 7.38. The fourth-order valence-corrected chi connectivity index (χ4v) is 2.80. The number of amides is 1. The van der Waals surface area contributed by atoms with Crippen LogP contribution in [0.15, 0.2) is 36.5 Å². The Morgan fingerprint density at radius 1 is 1.23 bits per heavy atom. The van der Waals surface area contributed by atoms with E-state index in [1.807, 2.05) is 18.2 Å². The van der Waals surface area contributed by atoms with Crippen molar-refractivity contribution in [2.45, 2.75) is 25.7 Å². The van der Waals surface area contributed by atoms with Gasteiger partial charge in [-0.2, -0.15) is 0 Å². The molecule has 1 N–H and O–H groups in total. The van der Waals surface area contributed by atoms with Crippen LogP contribution in [0.25, 0.3) is 0 Å². The number of aryl methyl sites for hydroxylation is 1. The fraction of sp³-hybridized carbons (Fsp3) is 0.294. The van der Waals surface area contributed by atoms with E-state index in [2.05, 4.69) is 10.3 Å². The summed E-state index contributed by atoms with van der Waals surface area (Å²) < 4.78 is 5.68. The molecule has 5 heteroatoms. The zero-order valence-corrected chi connectivity index (χ0v) is 12.9. The van der Waals surface area contributed by atoms with Crippen LogP contribution in [0, 0.1) is 0 Å². The number of anilines is 1. The molecule has 3 rings (SSSR count). The zero-order valence-electron chi connectivity index (χ0n) is 12.1. The molecule has 1 aliphatic rings. The number of hydrogen-bond donors (Lipinski definition) is 1. The highest BCUT2D eigenvalue weighted by molar-refractivity contribution is 6.33. The van der Waals surface area contributed by atoms with Crippen molar-refractivity contribution < 1.29 is 9.53 Å². The molecule has 0 unspecified atom stereocenters. The van der Waals surface area contributed by atoms with Gasteiger partial charge in [0.25, 0.3) is 5.91 Å². The molecule has 0 bridgehead atoms. The molecule has 1 amide bonds. The van der Waals surface area contributed by atoms with Crippen molar-refractivity contribution in [3.05, 3.63) is 52.8 Å². The van der Waals surface area contributed by atoms with E-state index in [-0.39, 0.29) is 12.5 Å². The second-order valence-electron chi connectivity index (χ2n) is 5.26. The predicted octanol–water partition coefficient (Wildman–Crippen LogP) is 3.63. The van der Waals surface area contributed by atoms with Gasteiger partial charge < -0.3 is 10.1 Å². The van der Waals surface area contributed by atoms with Crippen molar-refractivity contribution in [2.75, 3.05) is 11.9 Å². The molecule has 0 radical (unpaired) electrons. The number of carbonyl (C=O) groups excluding carboxylic acids is 1. The van der Waals surface area contributed by atoms with Gasteiger partial charge in [-0.1, -0.05) is 23.7 Å². The van der Waals surface area contributed by atoms with Crippen LogP contribution in [0.5, 0.6) is 5.75 Å². The lowest BCUT2D eigenvalue weighted by atomic mass is 9.95. The number of ether oxygens (including phenoxy) is 1. The summed E-state index contributed by atoms with van der Waals surface area (Å²) in [6, 6.07) is 8.96. The van der Waals surface area contributed by atoms with Gasteiger partial charge in [-0.05, 0) is 43.9 Å². The van der Waals surface area contributed by atoms with Gasteiger partial charge in [-0.15, -0.1) is 0 Å². The van der Waals surface area contributed by atoms with Crippen molar-refractivity contribution in [1.82, 2.24) is 4.98 Å². The average molecular weight is 317 g/mol. The van der Waals surface area contributed by atoms with E-state index in [4.69, 9.17) is 16.3 Å². The van der Waals surface area contributed by atoms with Crippen molar-refractivity contribution in [3.8, 4) is 5.75 Å². The van der Waals surface area contributed by atoms with Crippen LogP contribution in [-0.4, -0.2) is 17.5 Å². The topological polar surface area (TPSA) is 51.2 Å². The van der Waals surface area contributed by atoms with Crippen LogP contribution in [-0.2, 0) is 17.6 Å². The molecule has 4 nitrogen and oxygen atoms in total. The summed E-state index contributed by atoms with van der Waals surface area (Å²) in [5.74, 6) is 0.536. The van der Waals surface area contributed by atoms with Gasteiger partial charge in [0.05, 0.1) is 10.7 Å². The number of nitrogens with zero attached hydrogens (tertiary/aromatic N) is 1. The number of benzene rings is 1. The first-order valence-corrected chi connectivity index (χ1v) is 7.76. The summed E-state index contributed by atoms with van der Waals surface area (Å²) in [4.78, 5) is 16.4. The molecule has 0 atom stereocenters. The molecule has 1 aliphatic carbocycles. The smallest absolute Gasteiger partial charge is 0.262 e. The molecule has 22 heavy (non-hydrogen) atoms. The molecule has 0 aliphatic heterocycles. The Balaban J connectivity index is 1.63. The SMILES string of the molecule is O=C(COc1ccnc2c1CCCC2)Nc1ccccc1Cl. The summed E-state index contributed by atoms with van der Waals surface area (Å²) in [5, 5.41) is 3.26. The minimum absolute atomic E-state index is 0.0400. The third-order valence-corrected chi connectivity index (χ3v) is 4.03. The summed E-state index contributed by atoms with van der Waals surface area (Å²) >= 11 is 6.02. The molecule has 0 saturated carbocycles. The monoisotopic (exact) mass is 316 g/mol. The van der Waals surface area contributed by atoms with E-state index in [1.165, 1.54) is 0 Å². The first kappa shape index (κ1) is 14.9. The number of aromatic nitrogens is 1. The number of fused-ring (bicyclic) bond motifs is 1. The lowest BCUT2D eigenvalue weighted by molar-refractivity contribution is -0.118. The summed E-state index contributed by atoms with van der Waals surface area (Å²) in [6.45, 7) is -0.0400. The van der Waals surface area contributed by atoms with Crippen molar-refractivity contribution in [2.24, 2.45) is 0 Å². The zero-order chi connectivity index (χ0) is 15.4. The Morgan fingerprint density at radius 2 is 2.05 bits per heavy atom. The van der Waals surface area contributed by atoms with Gasteiger partial charge in [0, 0.05) is 17.5 Å². The van der Waals surface area contributed by atoms with Gasteiger partial charge in [-0.25, -0.2) is 0 Å². The van der Waals surface area contributed by atoms with Gasteiger partial charge in [-0.3, -0.25) is 9.78 Å². The maximum absolute atomic E-state index is 12.0. The minimum Gasteiger partial charge on any atom is -0.483 e. The van der Waals surface area contributed by atoms with E-state index in [9.17, 15) is 4.79 Å². The van der Waals surface area contributed by atoms with Crippen molar-refractivity contribution in [1.29, 1.82) is 0 Å². The van der Waals surface area contributed by atoms with Gasteiger partial charge >= 0.3 is 0 Å². The number of hydrogen-bond acceptors (Lipinski definition) is 3. The Morgan fingerprint density at radius 3 is 2.91 bits per heavy atom. The highest BCUT2D eigenvalue weighted by atomic mass is 35.5. The molecule has 1 heterocycles. The second kappa shape index (κ2) is 6.79. The average Bonchev–Trinajstić information content (AvgIpc) is 2.55. The van der Waals surface area contributed by atoms with Gasteiger partial charge in [0.1, 0.15) is 5.75 Å². The van der Waals surface area contributed by atoms with Crippen LogP contribution in [0.4, 0.5) is 5.69 Å². The van der Waals surface area contributed by atoms with E-state index in [1.54, 1.807) is 18.3 Å². The molecule has 1 aromatic heterocycles. The maximum Gasteiger partial charge on any atom is 0.262 e. The van der Waals surface area contributed by atoms with Gasteiger partial charge in [0.15, 0.2) is 6.61 Å². The van der Waals surface area contributed by atoms with Crippen LogP contribution in [0.3, 0.4) is 0 Å². The molecule has 2 aromatic rings. The second-order valence-corrected chi connectivity index (χ2v) is 5.67. The molecular weight excluding hydrogens is 300 g/mol. The third kappa shape index (κ3) is 3.39. The Bertz CT molecular complexity index is 688. The van der Waals surface area contributed by atoms with E-state index >= 15 is 0 Å². The molecule has 0 fully saturated rings. The predicted molar refractivity (Wildman–Crippen MR) is 86.5 cm³/mol. The number of nitrogens with one attached hydrogen (secondary N) is 1. The van der Waals surface area contributed by atoms with Crippen molar-refractivity contribution >= 4 is 23.2 Å². The number of carbonyl (C=O) groups is 1. The minimum atomic E-state index is -0.227. The molecule has 0 saturated heterocycles. The highest BCUT2D eigenvalue weighted by Crippen LogP contribution is 2.28. The Kier molecular flexibility index (Phi) is 4.59. The Hall–Kier alpha value is -2.07. The van der Waals surface area contributed by atoms with Gasteiger partial charge in [0.2, 0.25) is 0 Å². The lowest BCUT2D eigenvalue weighted by Crippen LogP contribution is -2.21. The van der Waals surface area contributed by atoms with Crippen molar-refractivity contribution in [3.63, 3.8) is 0 Å². The van der Waals surface area contributed by atoms with Crippen LogP contribution < -0.4 is 10.1 Å². The molecular formula is C17H17ClN2O2. The highest BCUT2D eigenvalue weighted by Gasteiger charge is 2.16. The lowest BCUT2D eigenvalue weighted by Gasteiger charge is -2.18. The van der Waals surface area contributed by atoms with E-state index in [0.717, 1.165) is 42.7 Å². The molecule has 1 aromatic carbocycles. The summed E-state index contributed by atoms with van der Waals surface area (Å²) in [6.07, 6.45) is 5.99. The number of para-hydroxylation sites is 1. The fourth-order valence-electron chi connectivity index (χ4n) is 2.62. The maximum atomic E-state index is 12.0.